The maximum Gasteiger partial charge on any atom is 0.287 e. The van der Waals surface area contributed by atoms with Crippen LogP contribution in [0.1, 0.15) is 17.5 Å². The highest BCUT2D eigenvalue weighted by molar-refractivity contribution is 5.96. The topological polar surface area (TPSA) is 112 Å². The van der Waals surface area contributed by atoms with Crippen LogP contribution in [0.15, 0.2) is 34.7 Å². The molecule has 124 valence electrons. The van der Waals surface area contributed by atoms with Crippen LogP contribution in [0.3, 0.4) is 0 Å². The Morgan fingerprint density at radius 1 is 1.17 bits per heavy atom. The van der Waals surface area contributed by atoms with Gasteiger partial charge in [0.25, 0.3) is 5.91 Å². The number of hydrogen-bond acceptors (Lipinski definition) is 6. The van der Waals surface area contributed by atoms with E-state index in [4.69, 9.17) is 9.15 Å². The van der Waals surface area contributed by atoms with Crippen molar-refractivity contribution in [3.05, 3.63) is 36.1 Å². The molecule has 0 aliphatic carbocycles. The van der Waals surface area contributed by atoms with Gasteiger partial charge in [-0.05, 0) is 19.1 Å². The lowest BCUT2D eigenvalue weighted by atomic mass is 9.95. The second-order valence-electron chi connectivity index (χ2n) is 5.71. The summed E-state index contributed by atoms with van der Waals surface area (Å²) in [5.41, 5.74) is 0.610. The zero-order valence-electron chi connectivity index (χ0n) is 12.5. The summed E-state index contributed by atoms with van der Waals surface area (Å²) in [5, 5.41) is 32.7. The number of aliphatic hydroxyl groups excluding tert-OH is 3. The third-order valence-electron chi connectivity index (χ3n) is 4.06. The van der Waals surface area contributed by atoms with Gasteiger partial charge in [0.2, 0.25) is 0 Å². The number of rotatable bonds is 3. The molecule has 23 heavy (non-hydrogen) atoms. The first-order valence-electron chi connectivity index (χ1n) is 7.44. The van der Waals surface area contributed by atoms with Gasteiger partial charge >= 0.3 is 0 Å². The Morgan fingerprint density at radius 3 is 2.65 bits per heavy atom. The Balaban J connectivity index is 1.64. The lowest BCUT2D eigenvalue weighted by Crippen LogP contribution is -2.59. The predicted molar refractivity (Wildman–Crippen MR) is 80.9 cm³/mol. The summed E-state index contributed by atoms with van der Waals surface area (Å²) in [5.74, 6) is -0.282. The third kappa shape index (κ3) is 3.09. The van der Waals surface area contributed by atoms with Crippen LogP contribution in [0, 0.1) is 0 Å². The molecule has 0 saturated carbocycles. The zero-order chi connectivity index (χ0) is 16.6. The molecule has 7 heteroatoms. The van der Waals surface area contributed by atoms with Gasteiger partial charge in [-0.15, -0.1) is 0 Å². The van der Waals surface area contributed by atoms with E-state index < -0.39 is 36.4 Å². The largest absolute Gasteiger partial charge is 0.451 e. The smallest absolute Gasteiger partial charge is 0.287 e. The van der Waals surface area contributed by atoms with E-state index in [1.165, 1.54) is 0 Å². The summed E-state index contributed by atoms with van der Waals surface area (Å²) in [6, 6.07) is 8.89. The van der Waals surface area contributed by atoms with Gasteiger partial charge in [0.15, 0.2) is 5.76 Å². The molecule has 4 N–H and O–H groups in total. The molecule has 2 heterocycles. The lowest BCUT2D eigenvalue weighted by molar-refractivity contribution is -0.214. The minimum atomic E-state index is -1.31. The van der Waals surface area contributed by atoms with Crippen LogP contribution in [-0.2, 0) is 4.74 Å². The van der Waals surface area contributed by atoms with Gasteiger partial charge in [0.05, 0.1) is 6.10 Å². The van der Waals surface area contributed by atoms with Crippen molar-refractivity contribution in [1.29, 1.82) is 0 Å². The van der Waals surface area contributed by atoms with Crippen molar-refractivity contribution in [3.8, 4) is 0 Å². The molecule has 1 fully saturated rings. The highest BCUT2D eigenvalue weighted by Crippen LogP contribution is 2.21. The monoisotopic (exact) mass is 321 g/mol. The Bertz CT molecular complexity index is 666. The number of fused-ring (bicyclic) bond motifs is 1. The standard InChI is InChI=1S/C16H19NO6/c1-8-13(18)15(20)14(19)12(22-8)7-17-16(21)11-6-9-4-2-3-5-10(9)23-11/h2-6,8,12-15,18-20H,7H2,1H3,(H,17,21)/t8-,12+,13+,14+,15+/m0/s1. The summed E-state index contributed by atoms with van der Waals surface area (Å²) in [6.07, 6.45) is -5.20. The second-order valence-corrected chi connectivity index (χ2v) is 5.71. The van der Waals surface area contributed by atoms with Gasteiger partial charge in [-0.2, -0.15) is 0 Å². The quantitative estimate of drug-likeness (QED) is 0.635. The summed E-state index contributed by atoms with van der Waals surface area (Å²) >= 11 is 0. The number of aliphatic hydroxyl groups is 3. The third-order valence-corrected chi connectivity index (χ3v) is 4.06. The molecule has 5 atom stereocenters. The molecule has 1 amide bonds. The molecule has 2 aromatic rings. The maximum absolute atomic E-state index is 12.1. The van der Waals surface area contributed by atoms with E-state index in [0.29, 0.717) is 5.58 Å². The number of furan rings is 1. The first-order chi connectivity index (χ1) is 11.0. The van der Waals surface area contributed by atoms with E-state index in [2.05, 4.69) is 5.32 Å². The number of para-hydroxylation sites is 1. The summed E-state index contributed by atoms with van der Waals surface area (Å²) in [7, 11) is 0. The first-order valence-corrected chi connectivity index (χ1v) is 7.44. The van der Waals surface area contributed by atoms with Crippen molar-refractivity contribution in [3.63, 3.8) is 0 Å². The van der Waals surface area contributed by atoms with Gasteiger partial charge in [-0.3, -0.25) is 4.79 Å². The molecule has 1 saturated heterocycles. The van der Waals surface area contributed by atoms with Crippen molar-refractivity contribution in [2.75, 3.05) is 6.54 Å². The van der Waals surface area contributed by atoms with Gasteiger partial charge in [-0.1, -0.05) is 18.2 Å². The molecule has 0 unspecified atom stereocenters. The van der Waals surface area contributed by atoms with Crippen LogP contribution in [0.5, 0.6) is 0 Å². The normalized spacial score (nSPS) is 31.2. The average molecular weight is 321 g/mol. The average Bonchev–Trinajstić information content (AvgIpc) is 2.99. The molecule has 1 aliphatic rings. The molecule has 1 aromatic carbocycles. The zero-order valence-corrected chi connectivity index (χ0v) is 12.5. The van der Waals surface area contributed by atoms with Crippen molar-refractivity contribution in [2.24, 2.45) is 0 Å². The van der Waals surface area contributed by atoms with Gasteiger partial charge < -0.3 is 29.8 Å². The molecule has 0 radical (unpaired) electrons. The minimum Gasteiger partial charge on any atom is -0.451 e. The molecule has 1 aromatic heterocycles. The number of carbonyl (C=O) groups excluding carboxylic acids is 1. The first kappa shape index (κ1) is 15.9. The van der Waals surface area contributed by atoms with Crippen molar-refractivity contribution in [1.82, 2.24) is 5.32 Å². The summed E-state index contributed by atoms with van der Waals surface area (Å²) in [4.78, 5) is 12.1. The van der Waals surface area contributed by atoms with E-state index in [1.54, 1.807) is 19.1 Å². The Labute approximate surface area is 132 Å². The van der Waals surface area contributed by atoms with Gasteiger partial charge in [0, 0.05) is 11.9 Å². The Kier molecular flexibility index (Phi) is 4.36. The number of benzene rings is 1. The Hall–Kier alpha value is -1.93. The van der Waals surface area contributed by atoms with E-state index in [9.17, 15) is 20.1 Å². The lowest BCUT2D eigenvalue weighted by Gasteiger charge is -2.39. The molecule has 0 spiro atoms. The predicted octanol–water partition coefficient (Wildman–Crippen LogP) is 0.0326. The second kappa shape index (κ2) is 6.29. The number of hydrogen-bond donors (Lipinski definition) is 4. The fraction of sp³-hybridized carbons (Fsp3) is 0.438. The van der Waals surface area contributed by atoms with Crippen LogP contribution in [0.4, 0.5) is 0 Å². The van der Waals surface area contributed by atoms with Gasteiger partial charge in [-0.25, -0.2) is 0 Å². The fourth-order valence-corrected chi connectivity index (χ4v) is 2.68. The molecular formula is C16H19NO6. The number of carbonyl (C=O) groups is 1. The number of amides is 1. The molecule has 0 bridgehead atoms. The van der Waals surface area contributed by atoms with Crippen LogP contribution >= 0.6 is 0 Å². The molecule has 1 aliphatic heterocycles. The van der Waals surface area contributed by atoms with Gasteiger partial charge in [0.1, 0.15) is 30.0 Å². The van der Waals surface area contributed by atoms with E-state index in [-0.39, 0.29) is 12.3 Å². The molecule has 7 nitrogen and oxygen atoms in total. The van der Waals surface area contributed by atoms with E-state index in [1.807, 2.05) is 18.2 Å². The van der Waals surface area contributed by atoms with Crippen LogP contribution in [-0.4, -0.2) is 58.3 Å². The van der Waals surface area contributed by atoms with Crippen LogP contribution < -0.4 is 5.32 Å². The summed E-state index contributed by atoms with van der Waals surface area (Å²) in [6.45, 7) is 1.58. The van der Waals surface area contributed by atoms with Crippen molar-refractivity contribution < 1.29 is 29.3 Å². The van der Waals surface area contributed by atoms with Crippen LogP contribution in [0.2, 0.25) is 0 Å². The highest BCUT2D eigenvalue weighted by atomic mass is 16.5. The number of ether oxygens (including phenoxy) is 1. The minimum absolute atomic E-state index is 0.00876. The van der Waals surface area contributed by atoms with E-state index in [0.717, 1.165) is 5.39 Å². The Morgan fingerprint density at radius 2 is 1.91 bits per heavy atom. The molecular weight excluding hydrogens is 302 g/mol. The maximum atomic E-state index is 12.1. The van der Waals surface area contributed by atoms with Crippen LogP contribution in [0.25, 0.3) is 11.0 Å². The highest BCUT2D eigenvalue weighted by Gasteiger charge is 2.41. The van der Waals surface area contributed by atoms with E-state index >= 15 is 0 Å². The molecule has 3 rings (SSSR count). The van der Waals surface area contributed by atoms with Crippen molar-refractivity contribution >= 4 is 16.9 Å². The van der Waals surface area contributed by atoms with Crippen molar-refractivity contribution in [2.45, 2.75) is 37.4 Å². The fourth-order valence-electron chi connectivity index (χ4n) is 2.68. The SMILES string of the molecule is C[C@@H]1O[C@H](CNC(=O)c2cc3ccccc3o2)[C@@H](O)[C@H](O)[C@@H]1O. The summed E-state index contributed by atoms with van der Waals surface area (Å²) < 4.78 is 10.9. The number of nitrogens with one attached hydrogen (secondary N) is 1.